The molecule has 138 valence electrons. The highest BCUT2D eigenvalue weighted by atomic mass is 16.5. The molecule has 0 aliphatic heterocycles. The number of nitrogens with two attached hydrogens (primary N) is 1. The third-order valence-corrected chi connectivity index (χ3v) is 4.11. The zero-order valence-corrected chi connectivity index (χ0v) is 14.8. The largest absolute Gasteiger partial charge is 0.437 e. The van der Waals surface area contributed by atoms with Gasteiger partial charge in [0.05, 0.1) is 0 Å². The zero-order chi connectivity index (χ0) is 19.3. The number of hydrogen-bond donors (Lipinski definition) is 3. The molecule has 0 aliphatic rings. The first kappa shape index (κ1) is 17.3. The molecule has 28 heavy (non-hydrogen) atoms. The predicted molar refractivity (Wildman–Crippen MR) is 108 cm³/mol. The third kappa shape index (κ3) is 3.68. The number of nitrogen functional groups attached to an aromatic ring is 1. The van der Waals surface area contributed by atoms with Gasteiger partial charge in [0.15, 0.2) is 5.82 Å². The molecule has 0 aliphatic carbocycles. The SMILES string of the molecule is Nc1c(NNC(=O)c2ccccc2)ncnc1Oc1ccc2ccccc2c1. The average molecular weight is 371 g/mol. The van der Waals surface area contributed by atoms with Crippen molar-refractivity contribution in [3.63, 3.8) is 0 Å². The van der Waals surface area contributed by atoms with E-state index in [1.165, 1.54) is 6.33 Å². The number of aromatic nitrogens is 2. The Morgan fingerprint density at radius 2 is 1.64 bits per heavy atom. The number of hydrogen-bond acceptors (Lipinski definition) is 6. The third-order valence-electron chi connectivity index (χ3n) is 4.11. The Morgan fingerprint density at radius 1 is 0.893 bits per heavy atom. The van der Waals surface area contributed by atoms with E-state index in [4.69, 9.17) is 10.5 Å². The molecule has 0 fully saturated rings. The molecule has 0 radical (unpaired) electrons. The molecule has 0 saturated heterocycles. The molecule has 4 N–H and O–H groups in total. The molecule has 1 aromatic heterocycles. The van der Waals surface area contributed by atoms with Gasteiger partial charge in [-0.05, 0) is 35.0 Å². The number of anilines is 2. The van der Waals surface area contributed by atoms with Crippen LogP contribution in [0.5, 0.6) is 11.6 Å². The molecular weight excluding hydrogens is 354 g/mol. The topological polar surface area (TPSA) is 102 Å². The first-order valence-corrected chi connectivity index (χ1v) is 8.59. The Bertz CT molecular complexity index is 1130. The van der Waals surface area contributed by atoms with Gasteiger partial charge in [0, 0.05) is 5.56 Å². The van der Waals surface area contributed by atoms with Crippen LogP contribution < -0.4 is 21.3 Å². The van der Waals surface area contributed by atoms with Crippen molar-refractivity contribution in [1.29, 1.82) is 0 Å². The van der Waals surface area contributed by atoms with Crippen LogP contribution in [0.4, 0.5) is 11.5 Å². The number of ether oxygens (including phenoxy) is 1. The van der Waals surface area contributed by atoms with Crippen molar-refractivity contribution >= 4 is 28.2 Å². The fourth-order valence-electron chi connectivity index (χ4n) is 2.68. The van der Waals surface area contributed by atoms with E-state index in [9.17, 15) is 4.79 Å². The van der Waals surface area contributed by atoms with Gasteiger partial charge in [-0.1, -0.05) is 48.5 Å². The van der Waals surface area contributed by atoms with Crippen molar-refractivity contribution in [3.8, 4) is 11.6 Å². The summed E-state index contributed by atoms with van der Waals surface area (Å²) in [5.74, 6) is 0.732. The number of fused-ring (bicyclic) bond motifs is 1. The highest BCUT2D eigenvalue weighted by Gasteiger charge is 2.12. The van der Waals surface area contributed by atoms with Gasteiger partial charge < -0.3 is 10.5 Å². The van der Waals surface area contributed by atoms with Crippen LogP contribution in [0, 0.1) is 0 Å². The number of hydrazine groups is 1. The summed E-state index contributed by atoms with van der Waals surface area (Å²) in [5.41, 5.74) is 12.1. The number of benzene rings is 3. The van der Waals surface area contributed by atoms with Crippen molar-refractivity contribution in [2.24, 2.45) is 0 Å². The summed E-state index contributed by atoms with van der Waals surface area (Å²) in [6, 6.07) is 22.5. The summed E-state index contributed by atoms with van der Waals surface area (Å²) >= 11 is 0. The van der Waals surface area contributed by atoms with Gasteiger partial charge >= 0.3 is 0 Å². The standard InChI is InChI=1S/C21H17N5O2/c22-18-19(25-26-20(27)15-7-2-1-3-8-15)23-13-24-21(18)28-17-11-10-14-6-4-5-9-16(14)12-17/h1-13H,22H2,(H,26,27)(H,23,24,25). The summed E-state index contributed by atoms with van der Waals surface area (Å²) in [7, 11) is 0. The minimum absolute atomic E-state index is 0.184. The molecular formula is C21H17N5O2. The Balaban J connectivity index is 1.50. The normalized spacial score (nSPS) is 10.4. The van der Waals surface area contributed by atoms with Gasteiger partial charge in [-0.3, -0.25) is 15.6 Å². The smallest absolute Gasteiger partial charge is 0.269 e. The van der Waals surface area contributed by atoms with Gasteiger partial charge in [0.2, 0.25) is 5.88 Å². The van der Waals surface area contributed by atoms with Crippen LogP contribution in [0.25, 0.3) is 10.8 Å². The van der Waals surface area contributed by atoms with E-state index < -0.39 is 0 Å². The van der Waals surface area contributed by atoms with E-state index in [0.29, 0.717) is 11.3 Å². The van der Waals surface area contributed by atoms with Crippen LogP contribution in [0.15, 0.2) is 79.1 Å². The molecule has 0 saturated carbocycles. The first-order valence-electron chi connectivity index (χ1n) is 8.59. The van der Waals surface area contributed by atoms with Crippen LogP contribution in [-0.4, -0.2) is 15.9 Å². The lowest BCUT2D eigenvalue weighted by molar-refractivity contribution is 0.0962. The molecule has 0 atom stereocenters. The van der Waals surface area contributed by atoms with E-state index in [1.807, 2.05) is 48.5 Å². The van der Waals surface area contributed by atoms with Gasteiger partial charge in [0.1, 0.15) is 17.8 Å². The lowest BCUT2D eigenvalue weighted by Crippen LogP contribution is -2.30. The summed E-state index contributed by atoms with van der Waals surface area (Å²) < 4.78 is 5.82. The van der Waals surface area contributed by atoms with Crippen molar-refractivity contribution in [1.82, 2.24) is 15.4 Å². The van der Waals surface area contributed by atoms with Gasteiger partial charge in [-0.2, -0.15) is 4.98 Å². The van der Waals surface area contributed by atoms with Crippen molar-refractivity contribution < 1.29 is 9.53 Å². The van der Waals surface area contributed by atoms with Gasteiger partial charge in [0.25, 0.3) is 5.91 Å². The summed E-state index contributed by atoms with van der Waals surface area (Å²) in [4.78, 5) is 20.3. The Kier molecular flexibility index (Phi) is 4.71. The number of nitrogens with one attached hydrogen (secondary N) is 2. The lowest BCUT2D eigenvalue weighted by Gasteiger charge is -2.12. The number of nitrogens with zero attached hydrogens (tertiary/aromatic N) is 2. The average Bonchev–Trinajstić information content (AvgIpc) is 2.74. The number of rotatable bonds is 5. The molecule has 0 unspecified atom stereocenters. The van der Waals surface area contributed by atoms with E-state index in [1.54, 1.807) is 24.3 Å². The van der Waals surface area contributed by atoms with Crippen LogP contribution in [0.3, 0.4) is 0 Å². The molecule has 1 heterocycles. The quantitative estimate of drug-likeness (QED) is 0.462. The Morgan fingerprint density at radius 3 is 2.46 bits per heavy atom. The maximum absolute atomic E-state index is 12.1. The minimum Gasteiger partial charge on any atom is -0.437 e. The number of amides is 1. The molecule has 4 rings (SSSR count). The summed E-state index contributed by atoms with van der Waals surface area (Å²) in [6.45, 7) is 0. The summed E-state index contributed by atoms with van der Waals surface area (Å²) in [5, 5.41) is 2.15. The fraction of sp³-hybridized carbons (Fsp3) is 0. The van der Waals surface area contributed by atoms with Crippen molar-refractivity contribution in [3.05, 3.63) is 84.7 Å². The van der Waals surface area contributed by atoms with E-state index in [-0.39, 0.29) is 23.3 Å². The van der Waals surface area contributed by atoms with E-state index >= 15 is 0 Å². The second-order valence-electron chi connectivity index (χ2n) is 6.00. The highest BCUT2D eigenvalue weighted by molar-refractivity contribution is 5.95. The van der Waals surface area contributed by atoms with Crippen molar-refractivity contribution in [2.45, 2.75) is 0 Å². The van der Waals surface area contributed by atoms with Crippen LogP contribution >= 0.6 is 0 Å². The van der Waals surface area contributed by atoms with Crippen LogP contribution in [-0.2, 0) is 0 Å². The first-order chi connectivity index (χ1) is 13.7. The number of carbonyl (C=O) groups is 1. The maximum atomic E-state index is 12.1. The van der Waals surface area contributed by atoms with E-state index in [2.05, 4.69) is 20.8 Å². The van der Waals surface area contributed by atoms with Crippen molar-refractivity contribution in [2.75, 3.05) is 11.2 Å². The van der Waals surface area contributed by atoms with Gasteiger partial charge in [-0.25, -0.2) is 4.98 Å². The molecule has 1 amide bonds. The second kappa shape index (κ2) is 7.63. The van der Waals surface area contributed by atoms with Crippen LogP contribution in [0.1, 0.15) is 10.4 Å². The molecule has 3 aromatic carbocycles. The zero-order valence-electron chi connectivity index (χ0n) is 14.8. The molecule has 0 spiro atoms. The van der Waals surface area contributed by atoms with E-state index in [0.717, 1.165) is 10.8 Å². The number of carbonyl (C=O) groups excluding carboxylic acids is 1. The molecule has 0 bridgehead atoms. The summed E-state index contributed by atoms with van der Waals surface area (Å²) in [6.07, 6.45) is 1.31. The molecule has 7 heteroatoms. The lowest BCUT2D eigenvalue weighted by atomic mass is 10.1. The molecule has 7 nitrogen and oxygen atoms in total. The predicted octanol–water partition coefficient (Wildman–Crippen LogP) is 3.76. The second-order valence-corrected chi connectivity index (χ2v) is 6.00. The minimum atomic E-state index is -0.310. The maximum Gasteiger partial charge on any atom is 0.269 e. The Labute approximate surface area is 161 Å². The Hall–Kier alpha value is -4.13. The molecule has 4 aromatic rings. The fourth-order valence-corrected chi connectivity index (χ4v) is 2.68. The van der Waals surface area contributed by atoms with Crippen LogP contribution in [0.2, 0.25) is 0 Å². The van der Waals surface area contributed by atoms with Gasteiger partial charge in [-0.15, -0.1) is 0 Å². The monoisotopic (exact) mass is 371 g/mol. The highest BCUT2D eigenvalue weighted by Crippen LogP contribution is 2.30.